The van der Waals surface area contributed by atoms with Crippen molar-refractivity contribution in [2.45, 2.75) is 32.4 Å². The molecule has 5 nitrogen and oxygen atoms in total. The van der Waals surface area contributed by atoms with E-state index in [1.807, 2.05) is 27.9 Å². The third kappa shape index (κ3) is 5.48. The summed E-state index contributed by atoms with van der Waals surface area (Å²) in [5, 5.41) is 9.81. The van der Waals surface area contributed by atoms with E-state index in [1.165, 1.54) is 11.0 Å². The summed E-state index contributed by atoms with van der Waals surface area (Å²) in [6.07, 6.45) is 0.318. The number of benzene rings is 2. The van der Waals surface area contributed by atoms with Gasteiger partial charge in [-0.25, -0.2) is 4.39 Å². The second-order valence-corrected chi connectivity index (χ2v) is 8.89. The molecule has 0 aromatic heterocycles. The highest BCUT2D eigenvalue weighted by Crippen LogP contribution is 2.28. The van der Waals surface area contributed by atoms with Crippen LogP contribution in [0.1, 0.15) is 36.2 Å². The highest BCUT2D eigenvalue weighted by Gasteiger charge is 2.26. The van der Waals surface area contributed by atoms with Gasteiger partial charge in [-0.2, -0.15) is 0 Å². The fourth-order valence-corrected chi connectivity index (χ4v) is 3.67. The van der Waals surface area contributed by atoms with Crippen LogP contribution in [0.25, 0.3) is 0 Å². The Morgan fingerprint density at radius 2 is 1.84 bits per heavy atom. The Balaban J connectivity index is 1.70. The molecule has 170 valence electrons. The summed E-state index contributed by atoms with van der Waals surface area (Å²) in [4.78, 5) is 18.6. The van der Waals surface area contributed by atoms with Crippen molar-refractivity contribution in [2.75, 3.05) is 44.0 Å². The van der Waals surface area contributed by atoms with Crippen LogP contribution < -0.4 is 9.80 Å². The molecule has 1 heterocycles. The summed E-state index contributed by atoms with van der Waals surface area (Å²) in [7, 11) is 5.73. The molecule has 32 heavy (non-hydrogen) atoms. The maximum Gasteiger partial charge on any atom is 0.258 e. The minimum Gasteiger partial charge on any atom is -0.380 e. The Morgan fingerprint density at radius 3 is 2.41 bits per heavy atom. The topological polar surface area (TPSA) is 47.0 Å². The van der Waals surface area contributed by atoms with Crippen LogP contribution in [-0.4, -0.2) is 62.3 Å². The summed E-state index contributed by atoms with van der Waals surface area (Å²) in [6.45, 7) is 5.41. The lowest BCUT2D eigenvalue weighted by molar-refractivity contribution is 0.0993. The summed E-state index contributed by atoms with van der Waals surface area (Å²) < 4.78 is 14.9. The molecule has 0 aliphatic carbocycles. The summed E-state index contributed by atoms with van der Waals surface area (Å²) in [5.74, 6) is 5.23. The lowest BCUT2D eigenvalue weighted by atomic mass is 10.1. The van der Waals surface area contributed by atoms with Crippen LogP contribution in [0.2, 0.25) is 0 Å². The average Bonchev–Trinajstić information content (AvgIpc) is 3.27. The van der Waals surface area contributed by atoms with Gasteiger partial charge < -0.3 is 19.8 Å². The van der Waals surface area contributed by atoms with Gasteiger partial charge >= 0.3 is 0 Å². The third-order valence-electron chi connectivity index (χ3n) is 5.99. The van der Waals surface area contributed by atoms with E-state index in [1.54, 1.807) is 43.4 Å². The molecule has 1 aliphatic heterocycles. The Kier molecular flexibility index (Phi) is 7.55. The van der Waals surface area contributed by atoms with E-state index in [0.717, 1.165) is 25.1 Å². The van der Waals surface area contributed by atoms with Gasteiger partial charge in [-0.05, 0) is 68.9 Å². The summed E-state index contributed by atoms with van der Waals surface area (Å²) in [5.41, 5.74) is 2.29. The predicted molar refractivity (Wildman–Crippen MR) is 128 cm³/mol. The summed E-state index contributed by atoms with van der Waals surface area (Å²) >= 11 is 0. The molecule has 1 fully saturated rings. The molecule has 1 N–H and O–H groups in total. The molecule has 2 atom stereocenters. The number of amides is 1. The fraction of sp³-hybridized carbons (Fsp3) is 0.423. The number of hydrogen-bond donors (Lipinski definition) is 1. The van der Waals surface area contributed by atoms with E-state index < -0.39 is 6.10 Å². The number of anilines is 2. The molecule has 3 rings (SSSR count). The highest BCUT2D eigenvalue weighted by atomic mass is 19.1. The molecule has 2 aromatic rings. The monoisotopic (exact) mass is 437 g/mol. The van der Waals surface area contributed by atoms with Gasteiger partial charge in [0.25, 0.3) is 5.91 Å². The van der Waals surface area contributed by atoms with Crippen molar-refractivity contribution >= 4 is 17.3 Å². The van der Waals surface area contributed by atoms with Crippen molar-refractivity contribution in [3.05, 3.63) is 59.4 Å². The lowest BCUT2D eigenvalue weighted by Crippen LogP contribution is -2.31. The molecule has 1 aliphatic rings. The first-order valence-electron chi connectivity index (χ1n) is 11.0. The van der Waals surface area contributed by atoms with E-state index in [2.05, 4.69) is 21.6 Å². The largest absolute Gasteiger partial charge is 0.380 e. The van der Waals surface area contributed by atoms with Crippen molar-refractivity contribution in [1.82, 2.24) is 4.90 Å². The Bertz CT molecular complexity index is 1010. The van der Waals surface area contributed by atoms with Crippen LogP contribution in [0.3, 0.4) is 0 Å². The second kappa shape index (κ2) is 10.2. The van der Waals surface area contributed by atoms with Gasteiger partial charge in [-0.15, -0.1) is 0 Å². The van der Waals surface area contributed by atoms with Crippen molar-refractivity contribution in [2.24, 2.45) is 5.92 Å². The van der Waals surface area contributed by atoms with Crippen molar-refractivity contribution in [1.29, 1.82) is 0 Å². The molecule has 1 saturated heterocycles. The van der Waals surface area contributed by atoms with E-state index in [0.29, 0.717) is 23.0 Å². The van der Waals surface area contributed by atoms with E-state index in [4.69, 9.17) is 0 Å². The SMILES string of the molecule is CC(C)C(O)C#Cc1ccc(C(=O)N(C)c2ccc(N3CC[C@@H](N(C)C)C3)c(F)c2)cc1. The number of hydrogen-bond acceptors (Lipinski definition) is 4. The van der Waals surface area contributed by atoms with Crippen LogP contribution >= 0.6 is 0 Å². The zero-order valence-electron chi connectivity index (χ0n) is 19.5. The van der Waals surface area contributed by atoms with Crippen molar-refractivity contribution < 1.29 is 14.3 Å². The number of rotatable bonds is 5. The van der Waals surface area contributed by atoms with Crippen LogP contribution in [0.15, 0.2) is 42.5 Å². The van der Waals surface area contributed by atoms with Gasteiger partial charge in [0.2, 0.25) is 0 Å². The second-order valence-electron chi connectivity index (χ2n) is 8.89. The highest BCUT2D eigenvalue weighted by molar-refractivity contribution is 6.05. The minimum absolute atomic E-state index is 0.0589. The van der Waals surface area contributed by atoms with Gasteiger partial charge in [0.15, 0.2) is 0 Å². The number of nitrogens with zero attached hydrogens (tertiary/aromatic N) is 3. The quantitative estimate of drug-likeness (QED) is 0.726. The molecule has 0 radical (unpaired) electrons. The zero-order valence-corrected chi connectivity index (χ0v) is 19.5. The predicted octanol–water partition coefficient (Wildman–Crippen LogP) is 3.61. The maximum atomic E-state index is 14.9. The number of likely N-dealkylation sites (N-methyl/N-ethyl adjacent to an activating group) is 1. The fourth-order valence-electron chi connectivity index (χ4n) is 3.67. The number of aliphatic hydroxyl groups is 1. The van der Waals surface area contributed by atoms with Crippen LogP contribution in [0.5, 0.6) is 0 Å². The maximum absolute atomic E-state index is 14.9. The van der Waals surface area contributed by atoms with Crippen LogP contribution in [0, 0.1) is 23.6 Å². The molecule has 0 saturated carbocycles. The van der Waals surface area contributed by atoms with E-state index >= 15 is 0 Å². The first-order chi connectivity index (χ1) is 15.2. The van der Waals surface area contributed by atoms with Gasteiger partial charge in [-0.1, -0.05) is 25.7 Å². The molecule has 2 aromatic carbocycles. The Labute approximate surface area is 190 Å². The number of aliphatic hydroxyl groups excluding tert-OH is 1. The smallest absolute Gasteiger partial charge is 0.258 e. The minimum atomic E-state index is -0.686. The van der Waals surface area contributed by atoms with Gasteiger partial charge in [0, 0.05) is 43.0 Å². The number of halogens is 1. The normalized spacial score (nSPS) is 16.8. The van der Waals surface area contributed by atoms with Gasteiger partial charge in [0.05, 0.1) is 5.69 Å². The molecule has 1 unspecified atom stereocenters. The van der Waals surface area contributed by atoms with Gasteiger partial charge in [-0.3, -0.25) is 4.79 Å². The van der Waals surface area contributed by atoms with Crippen LogP contribution in [-0.2, 0) is 0 Å². The molecule has 1 amide bonds. The number of carbonyl (C=O) groups is 1. The van der Waals surface area contributed by atoms with Crippen LogP contribution in [0.4, 0.5) is 15.8 Å². The third-order valence-corrected chi connectivity index (χ3v) is 5.99. The lowest BCUT2D eigenvalue weighted by Gasteiger charge is -2.23. The summed E-state index contributed by atoms with van der Waals surface area (Å²) in [6, 6.07) is 12.3. The van der Waals surface area contributed by atoms with Crippen molar-refractivity contribution in [3.8, 4) is 11.8 Å². The molecule has 0 bridgehead atoms. The number of carbonyl (C=O) groups excluding carboxylic acids is 1. The standard InChI is InChI=1S/C26H32FN3O2/c1-18(2)25(31)13-8-19-6-9-20(10-7-19)26(32)29(5)21-11-12-24(23(27)16-21)30-15-14-22(17-30)28(3)4/h6-7,9-12,16,18,22,25,31H,14-15,17H2,1-5H3/t22-,25?/m1/s1. The average molecular weight is 438 g/mol. The molecular formula is C26H32FN3O2. The van der Waals surface area contributed by atoms with E-state index in [-0.39, 0.29) is 17.6 Å². The first kappa shape index (κ1) is 23.8. The molecular weight excluding hydrogens is 405 g/mol. The van der Waals surface area contributed by atoms with E-state index in [9.17, 15) is 14.3 Å². The van der Waals surface area contributed by atoms with Gasteiger partial charge in [0.1, 0.15) is 11.9 Å². The first-order valence-corrected chi connectivity index (χ1v) is 11.0. The van der Waals surface area contributed by atoms with Crippen molar-refractivity contribution in [3.63, 3.8) is 0 Å². The zero-order chi connectivity index (χ0) is 23.4. The molecule has 6 heteroatoms. The Morgan fingerprint density at radius 1 is 1.16 bits per heavy atom. The Hall–Kier alpha value is -2.88. The molecule has 0 spiro atoms.